The van der Waals surface area contributed by atoms with Crippen molar-refractivity contribution in [2.24, 2.45) is 0 Å². The van der Waals surface area contributed by atoms with Crippen LogP contribution in [0.3, 0.4) is 0 Å². The van der Waals surface area contributed by atoms with Gasteiger partial charge in [0.15, 0.2) is 0 Å². The molecule has 0 radical (unpaired) electrons. The number of amides is 2. The van der Waals surface area contributed by atoms with Gasteiger partial charge < -0.3 is 10.6 Å². The lowest BCUT2D eigenvalue weighted by Crippen LogP contribution is -2.45. The summed E-state index contributed by atoms with van der Waals surface area (Å²) in [6.45, 7) is 1.13. The maximum Gasteiger partial charge on any atom is 0.416 e. The van der Waals surface area contributed by atoms with Crippen LogP contribution in [0.15, 0.2) is 24.3 Å². The van der Waals surface area contributed by atoms with E-state index >= 15 is 0 Å². The zero-order valence-corrected chi connectivity index (χ0v) is 13.5. The van der Waals surface area contributed by atoms with E-state index < -0.39 is 11.7 Å². The molecule has 0 heterocycles. The quantitative estimate of drug-likeness (QED) is 0.884. The van der Waals surface area contributed by atoms with Crippen LogP contribution in [0, 0.1) is 0 Å². The van der Waals surface area contributed by atoms with Crippen LogP contribution >= 0.6 is 0 Å². The van der Waals surface area contributed by atoms with E-state index in [1.54, 1.807) is 6.07 Å². The third-order valence-electron chi connectivity index (χ3n) is 4.28. The Morgan fingerprint density at radius 3 is 2.50 bits per heavy atom. The lowest BCUT2D eigenvalue weighted by molar-refractivity contribution is -0.138. The van der Waals surface area contributed by atoms with E-state index in [0.717, 1.165) is 18.9 Å². The van der Waals surface area contributed by atoms with Crippen molar-refractivity contribution in [1.29, 1.82) is 0 Å². The highest BCUT2D eigenvalue weighted by molar-refractivity contribution is 5.83. The SMILES string of the molecule is CC(=O)NCC(=O)N[C@H]1CCCC[C@H]1c1ccccc1C(F)(F)F. The smallest absolute Gasteiger partial charge is 0.351 e. The Morgan fingerprint density at radius 1 is 1.17 bits per heavy atom. The van der Waals surface area contributed by atoms with Gasteiger partial charge in [0.1, 0.15) is 0 Å². The second kappa shape index (κ2) is 7.68. The third-order valence-corrected chi connectivity index (χ3v) is 4.28. The zero-order valence-electron chi connectivity index (χ0n) is 13.5. The number of nitrogens with one attached hydrogen (secondary N) is 2. The number of hydrogen-bond donors (Lipinski definition) is 2. The van der Waals surface area contributed by atoms with E-state index in [1.165, 1.54) is 19.1 Å². The molecule has 0 aliphatic heterocycles. The standard InChI is InChI=1S/C17H21F3N2O2/c1-11(23)21-10-16(24)22-15-9-5-3-7-13(15)12-6-2-4-8-14(12)17(18,19)20/h2,4,6,8,13,15H,3,5,7,9-10H2,1H3,(H,21,23)(H,22,24)/t13-,15-/m0/s1. The van der Waals surface area contributed by atoms with Gasteiger partial charge in [0.25, 0.3) is 0 Å². The fraction of sp³-hybridized carbons (Fsp3) is 0.529. The van der Waals surface area contributed by atoms with Gasteiger partial charge in [0.2, 0.25) is 11.8 Å². The molecule has 132 valence electrons. The highest BCUT2D eigenvalue weighted by Crippen LogP contribution is 2.40. The number of halogens is 3. The summed E-state index contributed by atoms with van der Waals surface area (Å²) in [6, 6.07) is 5.18. The Hall–Kier alpha value is -2.05. The third kappa shape index (κ3) is 4.72. The van der Waals surface area contributed by atoms with Crippen LogP contribution in [0.1, 0.15) is 49.7 Å². The molecule has 0 aromatic heterocycles. The molecule has 1 aliphatic carbocycles. The molecule has 24 heavy (non-hydrogen) atoms. The highest BCUT2D eigenvalue weighted by atomic mass is 19.4. The summed E-state index contributed by atoms with van der Waals surface area (Å²) in [6.07, 6.45) is -1.51. The molecule has 1 aliphatic rings. The van der Waals surface area contributed by atoms with Gasteiger partial charge >= 0.3 is 6.18 Å². The Bertz CT molecular complexity index is 602. The molecule has 7 heteroatoms. The molecule has 2 atom stereocenters. The van der Waals surface area contributed by atoms with Gasteiger partial charge in [-0.3, -0.25) is 9.59 Å². The molecule has 1 aromatic carbocycles. The van der Waals surface area contributed by atoms with Crippen molar-refractivity contribution in [3.05, 3.63) is 35.4 Å². The maximum atomic E-state index is 13.3. The lowest BCUT2D eigenvalue weighted by Gasteiger charge is -2.34. The molecule has 1 saturated carbocycles. The maximum absolute atomic E-state index is 13.3. The molecule has 0 bridgehead atoms. The summed E-state index contributed by atoms with van der Waals surface area (Å²) in [5.41, 5.74) is -0.410. The first kappa shape index (κ1) is 18.3. The first-order valence-electron chi connectivity index (χ1n) is 7.99. The fourth-order valence-electron chi connectivity index (χ4n) is 3.22. The van der Waals surface area contributed by atoms with Gasteiger partial charge in [-0.25, -0.2) is 0 Å². The predicted molar refractivity (Wildman–Crippen MR) is 83.3 cm³/mol. The molecular weight excluding hydrogens is 321 g/mol. The summed E-state index contributed by atoms with van der Waals surface area (Å²) in [4.78, 5) is 22.8. The molecule has 0 spiro atoms. The van der Waals surface area contributed by atoms with Gasteiger partial charge in [0, 0.05) is 18.9 Å². The van der Waals surface area contributed by atoms with Crippen molar-refractivity contribution in [3.8, 4) is 0 Å². The van der Waals surface area contributed by atoms with E-state index in [-0.39, 0.29) is 35.9 Å². The number of benzene rings is 1. The minimum absolute atomic E-state index is 0.167. The van der Waals surface area contributed by atoms with Crippen molar-refractivity contribution in [2.75, 3.05) is 6.54 Å². The largest absolute Gasteiger partial charge is 0.416 e. The van der Waals surface area contributed by atoms with Crippen LogP contribution in [0.25, 0.3) is 0 Å². The molecule has 1 fully saturated rings. The molecule has 2 N–H and O–H groups in total. The normalized spacial score (nSPS) is 21.2. The number of rotatable bonds is 4. The average molecular weight is 342 g/mol. The van der Waals surface area contributed by atoms with Crippen molar-refractivity contribution < 1.29 is 22.8 Å². The van der Waals surface area contributed by atoms with Gasteiger partial charge in [0.05, 0.1) is 12.1 Å². The summed E-state index contributed by atoms with van der Waals surface area (Å²) in [7, 11) is 0. The van der Waals surface area contributed by atoms with Crippen LogP contribution in [0.5, 0.6) is 0 Å². The second-order valence-corrected chi connectivity index (χ2v) is 6.06. The van der Waals surface area contributed by atoms with Gasteiger partial charge in [-0.15, -0.1) is 0 Å². The van der Waals surface area contributed by atoms with Crippen molar-refractivity contribution in [1.82, 2.24) is 10.6 Å². The molecule has 2 rings (SSSR count). The van der Waals surface area contributed by atoms with E-state index in [0.29, 0.717) is 12.8 Å². The molecule has 0 saturated heterocycles. The minimum atomic E-state index is -4.42. The van der Waals surface area contributed by atoms with E-state index in [1.807, 2.05) is 0 Å². The average Bonchev–Trinajstić information content (AvgIpc) is 2.53. The molecule has 1 aromatic rings. The predicted octanol–water partition coefficient (Wildman–Crippen LogP) is 2.98. The monoisotopic (exact) mass is 342 g/mol. The Morgan fingerprint density at radius 2 is 1.83 bits per heavy atom. The van der Waals surface area contributed by atoms with E-state index in [4.69, 9.17) is 0 Å². The van der Waals surface area contributed by atoms with E-state index in [9.17, 15) is 22.8 Å². The van der Waals surface area contributed by atoms with Crippen molar-refractivity contribution in [2.45, 2.75) is 50.7 Å². The zero-order chi connectivity index (χ0) is 17.7. The number of alkyl halides is 3. The molecule has 4 nitrogen and oxygen atoms in total. The van der Waals surface area contributed by atoms with Crippen molar-refractivity contribution >= 4 is 11.8 Å². The van der Waals surface area contributed by atoms with Crippen LogP contribution in [0.2, 0.25) is 0 Å². The Balaban J connectivity index is 2.18. The number of carbonyl (C=O) groups is 2. The molecule has 2 amide bonds. The first-order chi connectivity index (χ1) is 11.3. The van der Waals surface area contributed by atoms with Crippen LogP contribution in [-0.2, 0) is 15.8 Å². The molecular formula is C17H21F3N2O2. The topological polar surface area (TPSA) is 58.2 Å². The summed E-state index contributed by atoms with van der Waals surface area (Å²) < 4.78 is 39.8. The number of carbonyl (C=O) groups excluding carboxylic acids is 2. The Labute approximate surface area is 138 Å². The molecule has 0 unspecified atom stereocenters. The van der Waals surface area contributed by atoms with Crippen LogP contribution < -0.4 is 10.6 Å². The van der Waals surface area contributed by atoms with Crippen LogP contribution in [0.4, 0.5) is 13.2 Å². The first-order valence-corrected chi connectivity index (χ1v) is 7.99. The van der Waals surface area contributed by atoms with E-state index in [2.05, 4.69) is 10.6 Å². The van der Waals surface area contributed by atoms with Gasteiger partial charge in [-0.1, -0.05) is 31.0 Å². The summed E-state index contributed by atoms with van der Waals surface area (Å²) >= 11 is 0. The summed E-state index contributed by atoms with van der Waals surface area (Å²) in [5.74, 6) is -1.09. The van der Waals surface area contributed by atoms with Crippen molar-refractivity contribution in [3.63, 3.8) is 0 Å². The van der Waals surface area contributed by atoms with Crippen LogP contribution in [-0.4, -0.2) is 24.4 Å². The summed E-state index contributed by atoms with van der Waals surface area (Å²) in [5, 5.41) is 5.17. The fourth-order valence-corrected chi connectivity index (χ4v) is 3.22. The van der Waals surface area contributed by atoms with Gasteiger partial charge in [-0.2, -0.15) is 13.2 Å². The highest BCUT2D eigenvalue weighted by Gasteiger charge is 2.37. The minimum Gasteiger partial charge on any atom is -0.351 e. The van der Waals surface area contributed by atoms with Gasteiger partial charge in [-0.05, 0) is 24.5 Å². The lowest BCUT2D eigenvalue weighted by atomic mass is 9.78. The Kier molecular flexibility index (Phi) is 5.85. The second-order valence-electron chi connectivity index (χ2n) is 6.06. The number of hydrogen-bond acceptors (Lipinski definition) is 2.